The zero-order valence-electron chi connectivity index (χ0n) is 14.7. The van der Waals surface area contributed by atoms with Gasteiger partial charge in [0, 0.05) is 17.7 Å². The molecule has 0 radical (unpaired) electrons. The van der Waals surface area contributed by atoms with Crippen LogP contribution in [0.1, 0.15) is 21.5 Å². The summed E-state index contributed by atoms with van der Waals surface area (Å²) >= 11 is 0. The largest absolute Gasteiger partial charge is 0.457 e. The number of carbonyl (C=O) groups excluding carboxylic acids is 2. The fourth-order valence-corrected chi connectivity index (χ4v) is 2.12. The van der Waals surface area contributed by atoms with Crippen LogP contribution in [-0.4, -0.2) is 23.4 Å². The molecule has 0 spiro atoms. The molecule has 0 atom stereocenters. The van der Waals surface area contributed by atoms with Gasteiger partial charge in [-0.15, -0.1) is 0 Å². The highest BCUT2D eigenvalue weighted by molar-refractivity contribution is 6.03. The number of amides is 1. The van der Waals surface area contributed by atoms with Crippen molar-refractivity contribution in [2.45, 2.75) is 6.92 Å². The van der Waals surface area contributed by atoms with Crippen molar-refractivity contribution in [2.24, 2.45) is 0 Å². The summed E-state index contributed by atoms with van der Waals surface area (Å²) in [5.41, 5.74) is 1.71. The van der Waals surface area contributed by atoms with Crippen LogP contribution in [0.15, 0.2) is 66.9 Å². The maximum absolute atomic E-state index is 12.4. The maximum atomic E-state index is 12.4. The zero-order valence-corrected chi connectivity index (χ0v) is 14.7. The van der Waals surface area contributed by atoms with E-state index in [0.29, 0.717) is 11.1 Å². The van der Waals surface area contributed by atoms with Gasteiger partial charge < -0.3 is 10.1 Å². The number of nitro benzene ring substituents is 1. The molecule has 0 aliphatic heterocycles. The van der Waals surface area contributed by atoms with Crippen molar-refractivity contribution < 1.29 is 19.2 Å². The summed E-state index contributed by atoms with van der Waals surface area (Å²) in [5.74, 6) is -1.22. The smallest absolute Gasteiger partial charge is 0.355 e. The first-order valence-corrected chi connectivity index (χ1v) is 8.03. The fraction of sp³-hybridized carbons (Fsp3) is 0.100. The number of nitrogens with zero attached hydrogens (tertiary/aromatic N) is 1. The van der Waals surface area contributed by atoms with E-state index in [1.54, 1.807) is 24.3 Å². The third-order valence-electron chi connectivity index (χ3n) is 3.53. The summed E-state index contributed by atoms with van der Waals surface area (Å²) in [6.07, 6.45) is 2.80. The van der Waals surface area contributed by atoms with Crippen LogP contribution in [0.5, 0.6) is 0 Å². The van der Waals surface area contributed by atoms with Crippen LogP contribution >= 0.6 is 0 Å². The Morgan fingerprint density at radius 2 is 1.78 bits per heavy atom. The summed E-state index contributed by atoms with van der Waals surface area (Å²) in [6, 6.07) is 12.4. The number of hydrogen-bond acceptors (Lipinski definition) is 5. The molecule has 0 saturated heterocycles. The summed E-state index contributed by atoms with van der Waals surface area (Å²) in [4.78, 5) is 34.9. The highest BCUT2D eigenvalue weighted by Gasteiger charge is 2.16. The lowest BCUT2D eigenvalue weighted by Crippen LogP contribution is -2.28. The number of rotatable bonds is 7. The van der Waals surface area contributed by atoms with Crippen LogP contribution in [0.3, 0.4) is 0 Å². The summed E-state index contributed by atoms with van der Waals surface area (Å²) in [6.45, 7) is 5.35. The minimum atomic E-state index is -0.742. The first-order chi connectivity index (χ1) is 12.9. The van der Waals surface area contributed by atoms with E-state index < -0.39 is 16.8 Å². The lowest BCUT2D eigenvalue weighted by atomic mass is 10.1. The Balaban J connectivity index is 2.28. The minimum absolute atomic E-state index is 0.0170. The van der Waals surface area contributed by atoms with E-state index in [4.69, 9.17) is 4.74 Å². The second kappa shape index (κ2) is 9.10. The SMILES string of the molecule is C=CCOC(=O)/C(=C/c1ccc([N+](=O)[O-])cc1)NC(=O)c1ccc(C)cc1. The molecule has 0 bridgehead atoms. The number of carbonyl (C=O) groups is 2. The lowest BCUT2D eigenvalue weighted by molar-refractivity contribution is -0.384. The van der Waals surface area contributed by atoms with Gasteiger partial charge in [-0.1, -0.05) is 30.4 Å². The molecule has 0 aliphatic carbocycles. The second-order valence-corrected chi connectivity index (χ2v) is 5.61. The van der Waals surface area contributed by atoms with Crippen molar-refractivity contribution in [3.63, 3.8) is 0 Å². The number of benzene rings is 2. The Hall–Kier alpha value is -3.74. The molecule has 0 unspecified atom stereocenters. The first-order valence-electron chi connectivity index (χ1n) is 8.03. The topological polar surface area (TPSA) is 98.5 Å². The van der Waals surface area contributed by atoms with Crippen LogP contribution in [0.2, 0.25) is 0 Å². The molecule has 1 N–H and O–H groups in total. The van der Waals surface area contributed by atoms with E-state index >= 15 is 0 Å². The molecule has 2 aromatic rings. The van der Waals surface area contributed by atoms with Crippen LogP contribution < -0.4 is 5.32 Å². The molecular weight excluding hydrogens is 348 g/mol. The quantitative estimate of drug-likeness (QED) is 0.266. The molecule has 0 aliphatic rings. The van der Waals surface area contributed by atoms with Crippen molar-refractivity contribution in [1.82, 2.24) is 5.32 Å². The highest BCUT2D eigenvalue weighted by Crippen LogP contribution is 2.15. The average Bonchev–Trinajstić information content (AvgIpc) is 2.66. The molecule has 138 valence electrons. The predicted octanol–water partition coefficient (Wildman–Crippen LogP) is 3.40. The number of nitro groups is 1. The second-order valence-electron chi connectivity index (χ2n) is 5.61. The summed E-state index contributed by atoms with van der Waals surface area (Å²) in [7, 11) is 0. The standard InChI is InChI=1S/C20H18N2O5/c1-3-12-27-20(24)18(13-15-6-10-17(11-7-15)22(25)26)21-19(23)16-8-4-14(2)5-9-16/h3-11,13H,1,12H2,2H3,(H,21,23)/b18-13-. The number of aryl methyl sites for hydroxylation is 1. The van der Waals surface area contributed by atoms with E-state index in [-0.39, 0.29) is 18.0 Å². The molecular formula is C20H18N2O5. The van der Waals surface area contributed by atoms with E-state index in [2.05, 4.69) is 11.9 Å². The van der Waals surface area contributed by atoms with Crippen LogP contribution in [0, 0.1) is 17.0 Å². The first kappa shape index (κ1) is 19.6. The number of nitrogens with one attached hydrogen (secondary N) is 1. The van der Waals surface area contributed by atoms with Gasteiger partial charge in [0.25, 0.3) is 11.6 Å². The number of ether oxygens (including phenoxy) is 1. The van der Waals surface area contributed by atoms with Gasteiger partial charge in [-0.3, -0.25) is 14.9 Å². The fourth-order valence-electron chi connectivity index (χ4n) is 2.12. The number of hydrogen-bond donors (Lipinski definition) is 1. The summed E-state index contributed by atoms with van der Waals surface area (Å²) < 4.78 is 5.00. The van der Waals surface area contributed by atoms with Crippen molar-refractivity contribution in [1.29, 1.82) is 0 Å². The molecule has 1 amide bonds. The van der Waals surface area contributed by atoms with Gasteiger partial charge >= 0.3 is 5.97 Å². The van der Waals surface area contributed by atoms with Gasteiger partial charge in [-0.25, -0.2) is 4.79 Å². The van der Waals surface area contributed by atoms with Gasteiger partial charge in [0.05, 0.1) is 4.92 Å². The molecule has 0 aromatic heterocycles. The monoisotopic (exact) mass is 366 g/mol. The van der Waals surface area contributed by atoms with Gasteiger partial charge in [0.1, 0.15) is 12.3 Å². The third-order valence-corrected chi connectivity index (χ3v) is 3.53. The van der Waals surface area contributed by atoms with Gasteiger partial charge in [0.15, 0.2) is 0 Å². The average molecular weight is 366 g/mol. The number of esters is 1. The predicted molar refractivity (Wildman–Crippen MR) is 101 cm³/mol. The lowest BCUT2D eigenvalue weighted by Gasteiger charge is -2.10. The van der Waals surface area contributed by atoms with Crippen molar-refractivity contribution in [2.75, 3.05) is 6.61 Å². The van der Waals surface area contributed by atoms with Gasteiger partial charge in [0.2, 0.25) is 0 Å². The van der Waals surface area contributed by atoms with Crippen molar-refractivity contribution in [3.05, 3.63) is 93.7 Å². The van der Waals surface area contributed by atoms with E-state index in [9.17, 15) is 19.7 Å². The molecule has 0 saturated carbocycles. The molecule has 7 nitrogen and oxygen atoms in total. The molecule has 0 fully saturated rings. The Morgan fingerprint density at radius 1 is 1.15 bits per heavy atom. The highest BCUT2D eigenvalue weighted by atomic mass is 16.6. The van der Waals surface area contributed by atoms with E-state index in [1.807, 2.05) is 6.92 Å². The Kier molecular flexibility index (Phi) is 6.60. The third kappa shape index (κ3) is 5.64. The Morgan fingerprint density at radius 3 is 2.33 bits per heavy atom. The minimum Gasteiger partial charge on any atom is -0.457 e. The van der Waals surface area contributed by atoms with Crippen molar-refractivity contribution in [3.8, 4) is 0 Å². The Bertz CT molecular complexity index is 884. The molecule has 0 heterocycles. The zero-order chi connectivity index (χ0) is 19.8. The summed E-state index contributed by atoms with van der Waals surface area (Å²) in [5, 5.41) is 13.3. The molecule has 27 heavy (non-hydrogen) atoms. The normalized spacial score (nSPS) is 10.8. The van der Waals surface area contributed by atoms with Gasteiger partial charge in [-0.2, -0.15) is 0 Å². The van der Waals surface area contributed by atoms with Crippen LogP contribution in [0.4, 0.5) is 5.69 Å². The molecule has 2 aromatic carbocycles. The molecule has 7 heteroatoms. The van der Waals surface area contributed by atoms with Crippen LogP contribution in [0.25, 0.3) is 6.08 Å². The Labute approximate surface area is 156 Å². The van der Waals surface area contributed by atoms with Crippen molar-refractivity contribution >= 4 is 23.6 Å². The number of non-ortho nitro benzene ring substituents is 1. The van der Waals surface area contributed by atoms with E-state index in [0.717, 1.165) is 5.56 Å². The van der Waals surface area contributed by atoms with E-state index in [1.165, 1.54) is 36.4 Å². The maximum Gasteiger partial charge on any atom is 0.355 e. The van der Waals surface area contributed by atoms with Gasteiger partial charge in [-0.05, 0) is 42.8 Å². The molecule has 2 rings (SSSR count). The van der Waals surface area contributed by atoms with Crippen LogP contribution in [-0.2, 0) is 9.53 Å².